The third kappa shape index (κ3) is 5.14. The Bertz CT molecular complexity index is 1820. The van der Waals surface area contributed by atoms with Crippen molar-refractivity contribution in [3.63, 3.8) is 0 Å². The zero-order valence-corrected chi connectivity index (χ0v) is 22.8. The number of aromatic nitrogens is 1. The molecule has 7 nitrogen and oxygen atoms in total. The smallest absolute Gasteiger partial charge is 0.270 e. The summed E-state index contributed by atoms with van der Waals surface area (Å²) in [6.45, 7) is 4.00. The predicted molar refractivity (Wildman–Crippen MR) is 159 cm³/mol. The number of nitrogens with one attached hydrogen (secondary N) is 1. The van der Waals surface area contributed by atoms with Gasteiger partial charge in [-0.1, -0.05) is 59.8 Å². The van der Waals surface area contributed by atoms with E-state index in [9.17, 15) is 10.1 Å². The number of anilines is 2. The Hall–Kier alpha value is -4.47. The monoisotopic (exact) mass is 549 g/mol. The lowest BCUT2D eigenvalue weighted by atomic mass is 10.1. The van der Waals surface area contributed by atoms with Gasteiger partial charge in [0.25, 0.3) is 5.69 Å². The first-order valence-electron chi connectivity index (χ1n) is 12.3. The first kappa shape index (κ1) is 24.8. The Kier molecular flexibility index (Phi) is 6.60. The fourth-order valence-corrected chi connectivity index (χ4v) is 6.07. The largest absolute Gasteiger partial charge is 0.354 e. The summed E-state index contributed by atoms with van der Waals surface area (Å²) in [5, 5.41) is 21.9. The Morgan fingerprint density at radius 2 is 1.72 bits per heavy atom. The zero-order valence-electron chi connectivity index (χ0n) is 21.2. The van der Waals surface area contributed by atoms with E-state index >= 15 is 0 Å². The predicted octanol–water partition coefficient (Wildman–Crippen LogP) is 8.15. The van der Waals surface area contributed by atoms with E-state index in [2.05, 4.69) is 35.6 Å². The number of aryl methyl sites for hydroxylation is 1. The van der Waals surface area contributed by atoms with Crippen LogP contribution in [0.2, 0.25) is 0 Å². The normalized spacial score (nSPS) is 13.0. The molecule has 6 rings (SSSR count). The van der Waals surface area contributed by atoms with Crippen LogP contribution < -0.4 is 10.1 Å². The van der Waals surface area contributed by atoms with Gasteiger partial charge in [0.15, 0.2) is 0 Å². The number of benzene rings is 4. The number of para-hydroxylation sites is 1. The Morgan fingerprint density at radius 1 is 0.923 bits per heavy atom. The third-order valence-corrected chi connectivity index (χ3v) is 8.29. The second-order valence-electron chi connectivity index (χ2n) is 9.09. The molecule has 0 unspecified atom stereocenters. The minimum absolute atomic E-state index is 0.0292. The molecule has 1 aromatic heterocycles. The van der Waals surface area contributed by atoms with Crippen LogP contribution in [0.15, 0.2) is 116 Å². The van der Waals surface area contributed by atoms with Crippen molar-refractivity contribution in [2.75, 3.05) is 5.32 Å². The van der Waals surface area contributed by atoms with Crippen molar-refractivity contribution in [3.05, 3.63) is 122 Å². The average Bonchev–Trinajstić information content (AvgIpc) is 3.34. The number of nitro benzene ring substituents is 1. The van der Waals surface area contributed by atoms with Crippen LogP contribution in [0.1, 0.15) is 18.1 Å². The summed E-state index contributed by atoms with van der Waals surface area (Å²) in [7, 11) is 0. The lowest BCUT2D eigenvalue weighted by Gasteiger charge is -2.21. The van der Waals surface area contributed by atoms with E-state index in [0.29, 0.717) is 10.4 Å². The minimum atomic E-state index is -0.386. The van der Waals surface area contributed by atoms with Crippen LogP contribution in [0.25, 0.3) is 11.3 Å². The van der Waals surface area contributed by atoms with E-state index < -0.39 is 0 Å². The number of hydrogen-bond acceptors (Lipinski definition) is 7. The van der Waals surface area contributed by atoms with Crippen LogP contribution in [0.5, 0.6) is 0 Å². The Labute approximate surface area is 233 Å². The molecule has 0 aliphatic carbocycles. The molecule has 0 bridgehead atoms. The molecule has 0 saturated carbocycles. The highest BCUT2D eigenvalue weighted by Gasteiger charge is 2.17. The number of nitrogens with zero attached hydrogens (tertiary/aromatic N) is 4. The molecule has 192 valence electrons. The maximum atomic E-state index is 11.4. The summed E-state index contributed by atoms with van der Waals surface area (Å²) in [6, 6.07) is 29.1. The SMILES string of the molecule is CC(=Nn1c(-c2cccc([N+](=O)[O-])c2)csc1=Nc1ccc(C)cc1)c1ccc2c(c1)Nc1ccccc1S2. The molecule has 0 radical (unpaired) electrons. The van der Waals surface area contributed by atoms with Crippen LogP contribution in [-0.2, 0) is 0 Å². The van der Waals surface area contributed by atoms with E-state index in [4.69, 9.17) is 10.1 Å². The lowest BCUT2D eigenvalue weighted by molar-refractivity contribution is -0.384. The topological polar surface area (TPSA) is 84.8 Å². The van der Waals surface area contributed by atoms with Gasteiger partial charge < -0.3 is 5.32 Å². The van der Waals surface area contributed by atoms with Crippen molar-refractivity contribution in [2.45, 2.75) is 23.6 Å². The molecular formula is C30H23N5O2S2. The first-order chi connectivity index (χ1) is 18.9. The summed E-state index contributed by atoms with van der Waals surface area (Å²) in [6.07, 6.45) is 0. The van der Waals surface area contributed by atoms with Gasteiger partial charge in [-0.25, -0.2) is 9.67 Å². The van der Waals surface area contributed by atoms with E-state index in [1.165, 1.54) is 22.3 Å². The first-order valence-corrected chi connectivity index (χ1v) is 13.9. The molecule has 0 saturated heterocycles. The molecule has 0 atom stereocenters. The maximum Gasteiger partial charge on any atom is 0.270 e. The van der Waals surface area contributed by atoms with Gasteiger partial charge in [0.2, 0.25) is 4.80 Å². The highest BCUT2D eigenvalue weighted by atomic mass is 32.2. The number of nitro groups is 1. The highest BCUT2D eigenvalue weighted by molar-refractivity contribution is 7.99. The molecule has 0 spiro atoms. The van der Waals surface area contributed by atoms with E-state index in [1.54, 1.807) is 28.6 Å². The fourth-order valence-electron chi connectivity index (χ4n) is 4.25. The summed E-state index contributed by atoms with van der Waals surface area (Å²) in [5.74, 6) is 0. The fraction of sp³-hybridized carbons (Fsp3) is 0.0667. The van der Waals surface area contributed by atoms with Crippen LogP contribution in [0.4, 0.5) is 22.7 Å². The van der Waals surface area contributed by atoms with Crippen molar-refractivity contribution >= 4 is 51.6 Å². The van der Waals surface area contributed by atoms with Crippen molar-refractivity contribution < 1.29 is 4.92 Å². The van der Waals surface area contributed by atoms with E-state index in [1.807, 2.05) is 61.7 Å². The van der Waals surface area contributed by atoms with Gasteiger partial charge in [-0.05, 0) is 55.8 Å². The molecule has 0 amide bonds. The van der Waals surface area contributed by atoms with Gasteiger partial charge in [0.05, 0.1) is 33.4 Å². The molecule has 2 heterocycles. The molecule has 0 fully saturated rings. The molecular weight excluding hydrogens is 526 g/mol. The third-order valence-electron chi connectivity index (χ3n) is 6.32. The molecule has 1 N–H and O–H groups in total. The zero-order chi connectivity index (χ0) is 26.9. The Morgan fingerprint density at radius 3 is 2.54 bits per heavy atom. The summed E-state index contributed by atoms with van der Waals surface area (Å²) >= 11 is 3.18. The van der Waals surface area contributed by atoms with Gasteiger partial charge in [0.1, 0.15) is 0 Å². The maximum absolute atomic E-state index is 11.4. The second kappa shape index (κ2) is 10.4. The summed E-state index contributed by atoms with van der Waals surface area (Å²) in [4.78, 5) is 18.9. The van der Waals surface area contributed by atoms with Crippen LogP contribution in [0.3, 0.4) is 0 Å². The molecule has 39 heavy (non-hydrogen) atoms. The van der Waals surface area contributed by atoms with Gasteiger partial charge in [0, 0.05) is 32.9 Å². The van der Waals surface area contributed by atoms with Crippen molar-refractivity contribution in [1.82, 2.24) is 4.68 Å². The van der Waals surface area contributed by atoms with E-state index in [-0.39, 0.29) is 10.6 Å². The van der Waals surface area contributed by atoms with Crippen LogP contribution >= 0.6 is 23.1 Å². The standard InChI is InChI=1S/C30H23N5O2S2/c1-19-10-13-23(14-11-19)31-30-34(27(18-38-30)22-6-5-7-24(16-22)35(36)37)33-20(2)21-12-15-29-26(17-21)32-25-8-3-4-9-28(25)39-29/h3-18,32H,1-2H3. The number of thiazole rings is 1. The minimum Gasteiger partial charge on any atom is -0.354 e. The molecule has 1 aliphatic rings. The van der Waals surface area contributed by atoms with Crippen molar-refractivity contribution in [3.8, 4) is 11.3 Å². The van der Waals surface area contributed by atoms with Crippen molar-refractivity contribution in [1.29, 1.82) is 0 Å². The molecule has 4 aromatic carbocycles. The van der Waals surface area contributed by atoms with Gasteiger partial charge in [-0.15, -0.1) is 11.3 Å². The van der Waals surface area contributed by atoms with Gasteiger partial charge >= 0.3 is 0 Å². The number of rotatable bonds is 5. The summed E-state index contributed by atoms with van der Waals surface area (Å²) in [5.41, 5.74) is 7.29. The van der Waals surface area contributed by atoms with E-state index in [0.717, 1.165) is 44.5 Å². The van der Waals surface area contributed by atoms with Gasteiger partial charge in [-0.3, -0.25) is 10.1 Å². The lowest BCUT2D eigenvalue weighted by Crippen LogP contribution is -2.14. The van der Waals surface area contributed by atoms with Crippen molar-refractivity contribution in [2.24, 2.45) is 10.1 Å². The average molecular weight is 550 g/mol. The number of fused-ring (bicyclic) bond motifs is 2. The highest BCUT2D eigenvalue weighted by Crippen LogP contribution is 2.44. The van der Waals surface area contributed by atoms with Crippen LogP contribution in [0, 0.1) is 17.0 Å². The molecule has 5 aromatic rings. The molecule has 1 aliphatic heterocycles. The quantitative estimate of drug-likeness (QED) is 0.134. The second-order valence-corrected chi connectivity index (χ2v) is 11.0. The Balaban J connectivity index is 1.45. The number of non-ortho nitro benzene ring substituents is 1. The molecule has 9 heteroatoms. The number of hydrogen-bond donors (Lipinski definition) is 1. The summed E-state index contributed by atoms with van der Waals surface area (Å²) < 4.78 is 1.77. The van der Waals surface area contributed by atoms with Crippen LogP contribution in [-0.4, -0.2) is 15.3 Å². The van der Waals surface area contributed by atoms with Gasteiger partial charge in [-0.2, -0.15) is 5.10 Å².